The first-order valence-corrected chi connectivity index (χ1v) is 10.1. The zero-order valence-corrected chi connectivity index (χ0v) is 20.2. The number of amides is 2. The molecule has 0 unspecified atom stereocenters. The van der Waals surface area contributed by atoms with E-state index in [4.69, 9.17) is 5.73 Å². The second kappa shape index (κ2) is 11.5. The maximum absolute atomic E-state index is 13.1. The van der Waals surface area contributed by atoms with Gasteiger partial charge in [0, 0.05) is 45.3 Å². The molecule has 0 bridgehead atoms. The third kappa shape index (κ3) is 6.69. The van der Waals surface area contributed by atoms with Gasteiger partial charge in [0.1, 0.15) is 0 Å². The molecule has 1 fully saturated rings. The van der Waals surface area contributed by atoms with Gasteiger partial charge in [0.2, 0.25) is 11.8 Å². The topological polar surface area (TPSA) is 84.5 Å². The Morgan fingerprint density at radius 1 is 1.16 bits per heavy atom. The van der Waals surface area contributed by atoms with Crippen molar-refractivity contribution in [2.75, 3.05) is 20.1 Å². The van der Waals surface area contributed by atoms with E-state index in [0.717, 1.165) is 29.1 Å². The number of benzene rings is 1. The minimum Gasteiger partial charge on any atom is -0.341 e. The lowest BCUT2D eigenvalue weighted by atomic mass is 10.0. The first-order valence-electron chi connectivity index (χ1n) is 10.1. The number of rotatable bonds is 4. The normalized spacial score (nSPS) is 18.4. The molecule has 31 heavy (non-hydrogen) atoms. The number of carbonyl (C=O) groups is 2. The van der Waals surface area contributed by atoms with Gasteiger partial charge in [-0.3, -0.25) is 9.59 Å². The number of likely N-dealkylation sites (tertiary alicyclic amines) is 1. The summed E-state index contributed by atoms with van der Waals surface area (Å²) in [5.74, 6) is -0.182. The summed E-state index contributed by atoms with van der Waals surface area (Å²) in [6, 6.07) is 10.1. The highest BCUT2D eigenvalue weighted by atomic mass is 35.5. The second-order valence-electron chi connectivity index (χ2n) is 8.16. The standard InChI is InChI=1S/C22H31N5O2.2ClH/c1-15-10-16(2)27(24-15)21-7-5-6-18(11-21)12-25(4)22(29)19-8-9-20(23)14-26(13-19)17(3)28;;/h5-7,10-11,19-20H,8-9,12-14,23H2,1-4H3;2*1H/t19-,20+;;/m1../s1. The lowest BCUT2D eigenvalue weighted by Crippen LogP contribution is -2.42. The number of hydrogen-bond donors (Lipinski definition) is 1. The van der Waals surface area contributed by atoms with Gasteiger partial charge in [-0.05, 0) is 50.5 Å². The maximum Gasteiger partial charge on any atom is 0.227 e. The molecule has 1 saturated heterocycles. The Hall–Kier alpha value is -2.09. The van der Waals surface area contributed by atoms with Crippen LogP contribution in [-0.4, -0.2) is 57.6 Å². The van der Waals surface area contributed by atoms with Crippen LogP contribution in [0.1, 0.15) is 36.7 Å². The van der Waals surface area contributed by atoms with Crippen molar-refractivity contribution in [3.8, 4) is 5.69 Å². The van der Waals surface area contributed by atoms with Crippen molar-refractivity contribution >= 4 is 36.6 Å². The maximum atomic E-state index is 13.1. The molecule has 2 amide bonds. The molecule has 1 aliphatic rings. The van der Waals surface area contributed by atoms with Crippen LogP contribution in [0.5, 0.6) is 0 Å². The number of halogens is 2. The molecule has 2 N–H and O–H groups in total. The van der Waals surface area contributed by atoms with E-state index in [-0.39, 0.29) is 48.6 Å². The Kier molecular flexibility index (Phi) is 10.0. The first-order chi connectivity index (χ1) is 13.7. The molecule has 172 valence electrons. The van der Waals surface area contributed by atoms with E-state index in [1.807, 2.05) is 49.8 Å². The van der Waals surface area contributed by atoms with Gasteiger partial charge in [-0.2, -0.15) is 5.10 Å². The average molecular weight is 470 g/mol. The van der Waals surface area contributed by atoms with Gasteiger partial charge in [-0.25, -0.2) is 4.68 Å². The molecule has 3 rings (SSSR count). The van der Waals surface area contributed by atoms with E-state index in [9.17, 15) is 9.59 Å². The molecule has 0 spiro atoms. The summed E-state index contributed by atoms with van der Waals surface area (Å²) in [6.07, 6.45) is 1.46. The third-order valence-electron chi connectivity index (χ3n) is 5.54. The summed E-state index contributed by atoms with van der Waals surface area (Å²) in [6.45, 7) is 7.01. The van der Waals surface area contributed by atoms with Crippen molar-refractivity contribution in [2.24, 2.45) is 11.7 Å². The Balaban J connectivity index is 0.00000240. The predicted molar refractivity (Wildman–Crippen MR) is 127 cm³/mol. The van der Waals surface area contributed by atoms with Crippen molar-refractivity contribution in [3.63, 3.8) is 0 Å². The van der Waals surface area contributed by atoms with E-state index in [1.54, 1.807) is 9.80 Å². The van der Waals surface area contributed by atoms with Crippen molar-refractivity contribution in [3.05, 3.63) is 47.3 Å². The largest absolute Gasteiger partial charge is 0.341 e. The zero-order chi connectivity index (χ0) is 21.1. The molecule has 0 saturated carbocycles. The molecule has 1 aromatic heterocycles. The van der Waals surface area contributed by atoms with Crippen LogP contribution in [-0.2, 0) is 16.1 Å². The van der Waals surface area contributed by atoms with Gasteiger partial charge in [0.15, 0.2) is 0 Å². The van der Waals surface area contributed by atoms with Gasteiger partial charge >= 0.3 is 0 Å². The summed E-state index contributed by atoms with van der Waals surface area (Å²) in [5.41, 5.74) is 10.2. The molecule has 0 radical (unpaired) electrons. The average Bonchev–Trinajstić information content (AvgIpc) is 2.88. The number of nitrogens with two attached hydrogens (primary N) is 1. The van der Waals surface area contributed by atoms with E-state index < -0.39 is 0 Å². The Morgan fingerprint density at radius 2 is 1.87 bits per heavy atom. The van der Waals surface area contributed by atoms with E-state index >= 15 is 0 Å². The van der Waals surface area contributed by atoms with Gasteiger partial charge in [-0.1, -0.05) is 12.1 Å². The van der Waals surface area contributed by atoms with Crippen LogP contribution in [0.15, 0.2) is 30.3 Å². The van der Waals surface area contributed by atoms with Crippen LogP contribution >= 0.6 is 24.8 Å². The Bertz CT molecular complexity index is 902. The summed E-state index contributed by atoms with van der Waals surface area (Å²) < 4.78 is 1.91. The van der Waals surface area contributed by atoms with Gasteiger partial charge < -0.3 is 15.5 Å². The van der Waals surface area contributed by atoms with Gasteiger partial charge in [0.25, 0.3) is 0 Å². The van der Waals surface area contributed by atoms with Crippen molar-refractivity contribution in [1.82, 2.24) is 19.6 Å². The van der Waals surface area contributed by atoms with Crippen LogP contribution in [0.3, 0.4) is 0 Å². The van der Waals surface area contributed by atoms with E-state index in [2.05, 4.69) is 11.2 Å². The van der Waals surface area contributed by atoms with Gasteiger partial charge in [0.05, 0.1) is 17.3 Å². The third-order valence-corrected chi connectivity index (χ3v) is 5.54. The number of aryl methyl sites for hydroxylation is 2. The summed E-state index contributed by atoms with van der Waals surface area (Å²) in [4.78, 5) is 28.4. The Labute approximate surface area is 196 Å². The number of nitrogens with zero attached hydrogens (tertiary/aromatic N) is 4. The van der Waals surface area contributed by atoms with Crippen molar-refractivity contribution < 1.29 is 9.59 Å². The first kappa shape index (κ1) is 26.9. The smallest absolute Gasteiger partial charge is 0.227 e. The quantitative estimate of drug-likeness (QED) is 0.745. The molecule has 9 heteroatoms. The highest BCUT2D eigenvalue weighted by molar-refractivity contribution is 5.85. The second-order valence-corrected chi connectivity index (χ2v) is 8.16. The fraction of sp³-hybridized carbons (Fsp3) is 0.500. The molecule has 2 heterocycles. The molecule has 0 aliphatic carbocycles. The monoisotopic (exact) mass is 469 g/mol. The summed E-state index contributed by atoms with van der Waals surface area (Å²) in [5, 5.41) is 4.54. The van der Waals surface area contributed by atoms with Crippen LogP contribution in [0.4, 0.5) is 0 Å². The number of aromatic nitrogens is 2. The van der Waals surface area contributed by atoms with Crippen LogP contribution in [0.2, 0.25) is 0 Å². The lowest BCUT2D eigenvalue weighted by molar-refractivity contribution is -0.137. The lowest BCUT2D eigenvalue weighted by Gasteiger charge is -2.27. The van der Waals surface area contributed by atoms with E-state index in [0.29, 0.717) is 26.1 Å². The molecule has 7 nitrogen and oxygen atoms in total. The summed E-state index contributed by atoms with van der Waals surface area (Å²) in [7, 11) is 1.82. The highest BCUT2D eigenvalue weighted by Gasteiger charge is 2.30. The minimum absolute atomic E-state index is 0. The SMILES string of the molecule is CC(=O)N1C[C@@H](N)CC[C@@H](C(=O)N(C)Cc2cccc(-n3nc(C)cc3C)c2)C1.Cl.Cl. The molecular weight excluding hydrogens is 437 g/mol. The Morgan fingerprint density at radius 3 is 2.48 bits per heavy atom. The van der Waals surface area contributed by atoms with Crippen LogP contribution < -0.4 is 5.73 Å². The number of carbonyl (C=O) groups excluding carboxylic acids is 2. The molecule has 2 aromatic rings. The van der Waals surface area contributed by atoms with E-state index in [1.165, 1.54) is 6.92 Å². The van der Waals surface area contributed by atoms with Crippen molar-refractivity contribution in [2.45, 2.75) is 46.2 Å². The fourth-order valence-corrected chi connectivity index (χ4v) is 4.02. The minimum atomic E-state index is -0.211. The van der Waals surface area contributed by atoms with Gasteiger partial charge in [-0.15, -0.1) is 24.8 Å². The fourth-order valence-electron chi connectivity index (χ4n) is 4.02. The van der Waals surface area contributed by atoms with Crippen LogP contribution in [0.25, 0.3) is 5.69 Å². The predicted octanol–water partition coefficient (Wildman–Crippen LogP) is 2.88. The number of hydrogen-bond acceptors (Lipinski definition) is 4. The summed E-state index contributed by atoms with van der Waals surface area (Å²) >= 11 is 0. The molecule has 1 aliphatic heterocycles. The molecular formula is C22H33Cl2N5O2. The van der Waals surface area contributed by atoms with Crippen molar-refractivity contribution in [1.29, 1.82) is 0 Å². The zero-order valence-electron chi connectivity index (χ0n) is 18.6. The van der Waals surface area contributed by atoms with Crippen LogP contribution in [0, 0.1) is 19.8 Å². The highest BCUT2D eigenvalue weighted by Crippen LogP contribution is 2.20. The molecule has 2 atom stereocenters. The molecule has 1 aromatic carbocycles.